The molecule has 2 N–H and O–H groups in total. The zero-order valence-corrected chi connectivity index (χ0v) is 26.7. The van der Waals surface area contributed by atoms with Crippen molar-refractivity contribution in [3.05, 3.63) is 58.1 Å². The fraction of sp³-hybridized carbons (Fsp3) is 0.375. The number of hydrogen-bond acceptors (Lipinski definition) is 14. The zero-order valence-electron chi connectivity index (χ0n) is 26.7. The van der Waals surface area contributed by atoms with E-state index in [9.17, 15) is 29.4 Å². The topological polar surface area (TPSA) is 183 Å². The molecular weight excluding hydrogens is 608 g/mol. The number of esters is 2. The molecule has 0 saturated heterocycles. The van der Waals surface area contributed by atoms with Crippen LogP contribution in [0.5, 0.6) is 34.5 Å². The second-order valence-corrected chi connectivity index (χ2v) is 9.70. The molecule has 0 unspecified atom stereocenters. The number of hydrogen-bond donors (Lipinski definition) is 2. The van der Waals surface area contributed by atoms with Crippen LogP contribution in [-0.2, 0) is 28.7 Å². The third-order valence-corrected chi connectivity index (χ3v) is 7.54. The Kier molecular flexibility index (Phi) is 11.5. The maximum atomic E-state index is 14.0. The van der Waals surface area contributed by atoms with Crippen molar-refractivity contribution in [1.29, 1.82) is 0 Å². The van der Waals surface area contributed by atoms with Crippen LogP contribution < -0.4 is 28.4 Å². The number of benzene rings is 2. The van der Waals surface area contributed by atoms with Crippen LogP contribution in [0.2, 0.25) is 0 Å². The molecule has 3 rings (SSSR count). The molecule has 0 aromatic heterocycles. The number of ketones is 2. The van der Waals surface area contributed by atoms with Gasteiger partial charge >= 0.3 is 11.9 Å². The Hall–Kier alpha value is -5.40. The Morgan fingerprint density at radius 1 is 0.543 bits per heavy atom. The lowest BCUT2D eigenvalue weighted by molar-refractivity contribution is -0.142. The smallest absolute Gasteiger partial charge is 0.306 e. The number of rotatable bonds is 14. The molecule has 1 aliphatic rings. The van der Waals surface area contributed by atoms with Gasteiger partial charge in [0.1, 0.15) is 0 Å². The first-order valence-electron chi connectivity index (χ1n) is 13.7. The summed E-state index contributed by atoms with van der Waals surface area (Å²) in [5, 5.41) is 22.8. The van der Waals surface area contributed by atoms with Crippen molar-refractivity contribution in [2.45, 2.75) is 24.7 Å². The van der Waals surface area contributed by atoms with Crippen LogP contribution in [-0.4, -0.2) is 90.6 Å². The van der Waals surface area contributed by atoms with E-state index in [0.29, 0.717) is 0 Å². The normalized spacial score (nSPS) is 14.3. The van der Waals surface area contributed by atoms with Gasteiger partial charge in [-0.1, -0.05) is 12.1 Å². The van der Waals surface area contributed by atoms with E-state index in [1.807, 2.05) is 0 Å². The number of aliphatic hydroxyl groups is 2. The van der Waals surface area contributed by atoms with E-state index in [4.69, 9.17) is 37.9 Å². The molecule has 0 bridgehead atoms. The summed E-state index contributed by atoms with van der Waals surface area (Å²) >= 11 is 0. The van der Waals surface area contributed by atoms with Gasteiger partial charge in [-0.2, -0.15) is 0 Å². The number of methoxy groups -OCH3 is 8. The molecule has 0 saturated carbocycles. The second-order valence-electron chi connectivity index (χ2n) is 9.70. The van der Waals surface area contributed by atoms with Gasteiger partial charge in [0.15, 0.2) is 34.5 Å². The highest BCUT2D eigenvalue weighted by Crippen LogP contribution is 2.50. The molecule has 2 aromatic carbocycles. The number of allylic oxidation sites excluding steroid dienone is 2. The predicted octanol–water partition coefficient (Wildman–Crippen LogP) is 3.51. The minimum absolute atomic E-state index is 0.0317. The Morgan fingerprint density at radius 3 is 1.13 bits per heavy atom. The van der Waals surface area contributed by atoms with Crippen molar-refractivity contribution in [2.75, 3.05) is 56.9 Å². The maximum Gasteiger partial charge on any atom is 0.306 e. The molecule has 14 nitrogen and oxygen atoms in total. The fourth-order valence-corrected chi connectivity index (χ4v) is 5.39. The van der Waals surface area contributed by atoms with Crippen LogP contribution in [0.15, 0.2) is 46.9 Å². The van der Waals surface area contributed by atoms with Crippen molar-refractivity contribution in [3.8, 4) is 34.5 Å². The number of carbonyl (C=O) groups excluding carboxylic acids is 4. The molecule has 0 aliphatic heterocycles. The van der Waals surface area contributed by atoms with Crippen molar-refractivity contribution in [1.82, 2.24) is 0 Å². The summed E-state index contributed by atoms with van der Waals surface area (Å²) < 4.78 is 42.3. The molecular formula is C32H36O14. The molecule has 0 radical (unpaired) electrons. The summed E-state index contributed by atoms with van der Waals surface area (Å²) in [6, 6.07) is 5.86. The molecule has 0 fully saturated rings. The van der Waals surface area contributed by atoms with Gasteiger partial charge in [-0.3, -0.25) is 19.2 Å². The minimum atomic E-state index is -1.38. The van der Waals surface area contributed by atoms with Gasteiger partial charge in [0.2, 0.25) is 23.1 Å². The standard InChI is InChI=1S/C32H36O14/c1-39-19-11-9-15(29(43-5)31(19)45-7)17(13-21(33)41-3)23-25(35)27(37)24(28(38)26(23)36)18(14-22(34)42-4)16-10-12-20(40-2)32(46-8)30(16)44-6/h9-12,17-18,35,38H,13-14H2,1-8H3/t17-,18-/m1/s1. The van der Waals surface area contributed by atoms with Crippen LogP contribution in [0.3, 0.4) is 0 Å². The third kappa shape index (κ3) is 6.36. The summed E-state index contributed by atoms with van der Waals surface area (Å²) in [5.41, 5.74) is -0.953. The number of carbonyl (C=O) groups is 4. The van der Waals surface area contributed by atoms with Crippen molar-refractivity contribution < 1.29 is 67.3 Å². The molecule has 0 amide bonds. The number of Topliss-reactive ketones (excluding diaryl/α,β-unsaturated/α-hetero) is 2. The summed E-state index contributed by atoms with van der Waals surface area (Å²) in [6.45, 7) is 0. The fourth-order valence-electron chi connectivity index (χ4n) is 5.39. The predicted molar refractivity (Wildman–Crippen MR) is 160 cm³/mol. The quantitative estimate of drug-likeness (QED) is 0.225. The highest BCUT2D eigenvalue weighted by molar-refractivity contribution is 6.24. The van der Waals surface area contributed by atoms with Gasteiger partial charge in [-0.15, -0.1) is 0 Å². The lowest BCUT2D eigenvalue weighted by Crippen LogP contribution is -2.31. The van der Waals surface area contributed by atoms with Gasteiger partial charge in [0.25, 0.3) is 0 Å². The van der Waals surface area contributed by atoms with Crippen molar-refractivity contribution >= 4 is 23.5 Å². The summed E-state index contributed by atoms with van der Waals surface area (Å²) in [5.74, 6) is -8.12. The number of ether oxygens (including phenoxy) is 8. The lowest BCUT2D eigenvalue weighted by Gasteiger charge is -2.29. The van der Waals surface area contributed by atoms with Crippen LogP contribution in [0, 0.1) is 0 Å². The largest absolute Gasteiger partial charge is 0.504 e. The molecule has 14 heteroatoms. The van der Waals surface area contributed by atoms with E-state index in [0.717, 1.165) is 14.2 Å². The molecule has 46 heavy (non-hydrogen) atoms. The summed E-state index contributed by atoms with van der Waals surface area (Å²) in [6.07, 6.45) is -1.11. The molecule has 2 atom stereocenters. The van der Waals surface area contributed by atoms with Crippen molar-refractivity contribution in [3.63, 3.8) is 0 Å². The van der Waals surface area contributed by atoms with Crippen LogP contribution in [0.25, 0.3) is 0 Å². The Balaban J connectivity index is 2.32. The third-order valence-electron chi connectivity index (χ3n) is 7.54. The van der Waals surface area contributed by atoms with Gasteiger partial charge in [0, 0.05) is 23.0 Å². The molecule has 1 aliphatic carbocycles. The number of aliphatic hydroxyl groups excluding tert-OH is 2. The van der Waals surface area contributed by atoms with Gasteiger partial charge < -0.3 is 48.1 Å². The molecule has 2 aromatic rings. The monoisotopic (exact) mass is 644 g/mol. The average molecular weight is 645 g/mol. The van der Waals surface area contributed by atoms with Crippen LogP contribution in [0.4, 0.5) is 0 Å². The van der Waals surface area contributed by atoms with Crippen molar-refractivity contribution in [2.24, 2.45) is 0 Å². The molecule has 248 valence electrons. The van der Waals surface area contributed by atoms with E-state index in [1.54, 1.807) is 0 Å². The van der Waals surface area contributed by atoms with E-state index < -0.39 is 70.8 Å². The minimum Gasteiger partial charge on any atom is -0.504 e. The van der Waals surface area contributed by atoms with Gasteiger partial charge in [-0.25, -0.2) is 0 Å². The average Bonchev–Trinajstić information content (AvgIpc) is 3.07. The maximum absolute atomic E-state index is 14.0. The van der Waals surface area contributed by atoms with Gasteiger partial charge in [0.05, 0.1) is 80.9 Å². The van der Waals surface area contributed by atoms with Crippen LogP contribution in [0.1, 0.15) is 35.8 Å². The Bertz CT molecular complexity index is 1470. The highest BCUT2D eigenvalue weighted by Gasteiger charge is 2.45. The second kappa shape index (κ2) is 15.1. The molecule has 0 heterocycles. The molecule has 0 spiro atoms. The SMILES string of the molecule is COC(=O)C[C@@H](C1=C(O)C(=O)C([C@H](CC(=O)OC)c2ccc(OC)c(OC)c2OC)=C(O)C1=O)c1ccc(OC)c(OC)c1OC. The zero-order chi connectivity index (χ0) is 34.3. The highest BCUT2D eigenvalue weighted by atomic mass is 16.5. The van der Waals surface area contributed by atoms with E-state index in [-0.39, 0.29) is 45.6 Å². The first-order chi connectivity index (χ1) is 22.0. The first kappa shape index (κ1) is 35.1. The summed E-state index contributed by atoms with van der Waals surface area (Å²) in [7, 11) is 10.3. The van der Waals surface area contributed by atoms with Gasteiger partial charge in [-0.05, 0) is 12.1 Å². The lowest BCUT2D eigenvalue weighted by atomic mass is 9.75. The first-order valence-corrected chi connectivity index (χ1v) is 13.7. The van der Waals surface area contributed by atoms with Crippen LogP contribution >= 0.6 is 0 Å². The Labute approximate surface area is 265 Å². The van der Waals surface area contributed by atoms with E-state index in [1.165, 1.54) is 66.9 Å². The summed E-state index contributed by atoms with van der Waals surface area (Å²) in [4.78, 5) is 53.2. The Morgan fingerprint density at radius 2 is 0.870 bits per heavy atom. The van der Waals surface area contributed by atoms with E-state index >= 15 is 0 Å². The van der Waals surface area contributed by atoms with E-state index in [2.05, 4.69) is 0 Å².